The summed E-state index contributed by atoms with van der Waals surface area (Å²) in [5.41, 5.74) is 3.74. The third-order valence-electron chi connectivity index (χ3n) is 3.35. The molecule has 0 aliphatic heterocycles. The molecule has 106 valence electrons. The molecule has 2 aromatic carbocycles. The van der Waals surface area contributed by atoms with Gasteiger partial charge in [-0.15, -0.1) is 0 Å². The van der Waals surface area contributed by atoms with E-state index in [0.29, 0.717) is 6.61 Å². The van der Waals surface area contributed by atoms with E-state index in [1.165, 1.54) is 16.7 Å². The lowest BCUT2D eigenvalue weighted by Crippen LogP contribution is -2.22. The first-order valence-corrected chi connectivity index (χ1v) is 7.28. The zero-order chi connectivity index (χ0) is 14.4. The highest BCUT2D eigenvalue weighted by molar-refractivity contribution is 5.42. The molecule has 1 N–H and O–H groups in total. The Hall–Kier alpha value is -1.80. The summed E-state index contributed by atoms with van der Waals surface area (Å²) < 4.78 is 5.77. The summed E-state index contributed by atoms with van der Waals surface area (Å²) in [6.07, 6.45) is 0. The summed E-state index contributed by atoms with van der Waals surface area (Å²) >= 11 is 0. The maximum atomic E-state index is 5.77. The highest BCUT2D eigenvalue weighted by atomic mass is 16.5. The Bertz CT molecular complexity index is 533. The third kappa shape index (κ3) is 3.40. The number of benzene rings is 2. The van der Waals surface area contributed by atoms with Gasteiger partial charge in [0.2, 0.25) is 0 Å². The molecule has 2 heteroatoms. The maximum absolute atomic E-state index is 5.77. The van der Waals surface area contributed by atoms with Crippen LogP contribution in [0.3, 0.4) is 0 Å². The van der Waals surface area contributed by atoms with E-state index in [1.807, 2.05) is 19.1 Å². The fourth-order valence-electron chi connectivity index (χ4n) is 2.38. The molecule has 0 bridgehead atoms. The van der Waals surface area contributed by atoms with Crippen molar-refractivity contribution in [3.8, 4) is 5.75 Å². The molecular weight excluding hydrogens is 246 g/mol. The molecule has 1 atom stereocenters. The van der Waals surface area contributed by atoms with Gasteiger partial charge in [-0.2, -0.15) is 0 Å². The molecule has 0 fully saturated rings. The van der Waals surface area contributed by atoms with Gasteiger partial charge in [0.15, 0.2) is 0 Å². The molecule has 0 saturated heterocycles. The Morgan fingerprint density at radius 1 is 1.00 bits per heavy atom. The molecule has 0 heterocycles. The lowest BCUT2D eigenvalue weighted by Gasteiger charge is -2.22. The van der Waals surface area contributed by atoms with Crippen LogP contribution in [0.2, 0.25) is 0 Å². The van der Waals surface area contributed by atoms with Crippen molar-refractivity contribution in [2.24, 2.45) is 0 Å². The predicted molar refractivity (Wildman–Crippen MR) is 84.3 cm³/mol. The van der Waals surface area contributed by atoms with Crippen molar-refractivity contribution in [2.75, 3.05) is 13.2 Å². The second kappa shape index (κ2) is 7.11. The minimum atomic E-state index is 0.170. The minimum absolute atomic E-state index is 0.170. The molecule has 0 aliphatic rings. The van der Waals surface area contributed by atoms with Crippen LogP contribution in [-0.2, 0) is 0 Å². The quantitative estimate of drug-likeness (QED) is 0.852. The zero-order valence-corrected chi connectivity index (χ0v) is 12.5. The van der Waals surface area contributed by atoms with Crippen LogP contribution in [0.5, 0.6) is 5.75 Å². The topological polar surface area (TPSA) is 21.3 Å². The number of ether oxygens (including phenoxy) is 1. The summed E-state index contributed by atoms with van der Waals surface area (Å²) in [5.74, 6) is 0.960. The summed E-state index contributed by atoms with van der Waals surface area (Å²) in [6.45, 7) is 7.86. The van der Waals surface area contributed by atoms with Gasteiger partial charge >= 0.3 is 0 Å². The van der Waals surface area contributed by atoms with E-state index in [2.05, 4.69) is 55.6 Å². The molecule has 0 saturated carbocycles. The van der Waals surface area contributed by atoms with Crippen LogP contribution >= 0.6 is 0 Å². The fraction of sp³-hybridized carbons (Fsp3) is 0.333. The van der Waals surface area contributed by atoms with Crippen LogP contribution in [0.4, 0.5) is 0 Å². The normalized spacial score (nSPS) is 12.2. The summed E-state index contributed by atoms with van der Waals surface area (Å²) in [4.78, 5) is 0. The molecule has 0 radical (unpaired) electrons. The van der Waals surface area contributed by atoms with Gasteiger partial charge in [0.25, 0.3) is 0 Å². The van der Waals surface area contributed by atoms with E-state index in [9.17, 15) is 0 Å². The number of para-hydroxylation sites is 1. The van der Waals surface area contributed by atoms with Crippen molar-refractivity contribution in [3.63, 3.8) is 0 Å². The van der Waals surface area contributed by atoms with Crippen molar-refractivity contribution in [1.29, 1.82) is 0 Å². The molecule has 0 spiro atoms. The van der Waals surface area contributed by atoms with Gasteiger partial charge in [0, 0.05) is 5.56 Å². The van der Waals surface area contributed by atoms with E-state index < -0.39 is 0 Å². The number of hydrogen-bond acceptors (Lipinski definition) is 2. The smallest absolute Gasteiger partial charge is 0.124 e. The Labute approximate surface area is 121 Å². The Morgan fingerprint density at radius 2 is 1.70 bits per heavy atom. The standard InChI is InChI=1S/C18H23NO/c1-4-19-18(15-12-10-14(3)11-13-15)16-8-6-7-9-17(16)20-5-2/h6-13,18-19H,4-5H2,1-3H3. The predicted octanol–water partition coefficient (Wildman–Crippen LogP) is 4.09. The van der Waals surface area contributed by atoms with E-state index >= 15 is 0 Å². The zero-order valence-electron chi connectivity index (χ0n) is 12.5. The van der Waals surface area contributed by atoms with Gasteiger partial charge < -0.3 is 10.1 Å². The SMILES string of the molecule is CCNC(c1ccc(C)cc1)c1ccccc1OCC. The first-order chi connectivity index (χ1) is 9.76. The Morgan fingerprint density at radius 3 is 2.35 bits per heavy atom. The van der Waals surface area contributed by atoms with Gasteiger partial charge in [-0.1, -0.05) is 55.0 Å². The molecule has 2 rings (SSSR count). The number of hydrogen-bond donors (Lipinski definition) is 1. The van der Waals surface area contributed by atoms with E-state index in [-0.39, 0.29) is 6.04 Å². The molecule has 20 heavy (non-hydrogen) atoms. The van der Waals surface area contributed by atoms with Crippen molar-refractivity contribution >= 4 is 0 Å². The average Bonchev–Trinajstić information content (AvgIpc) is 2.47. The molecule has 0 amide bonds. The van der Waals surface area contributed by atoms with Gasteiger partial charge in [-0.3, -0.25) is 0 Å². The second-order valence-electron chi connectivity index (χ2n) is 4.87. The second-order valence-corrected chi connectivity index (χ2v) is 4.87. The molecule has 0 aromatic heterocycles. The van der Waals surface area contributed by atoms with Gasteiger partial charge in [0.05, 0.1) is 12.6 Å². The molecule has 1 unspecified atom stereocenters. The molecule has 2 nitrogen and oxygen atoms in total. The summed E-state index contributed by atoms with van der Waals surface area (Å²) in [5, 5.41) is 3.55. The van der Waals surface area contributed by atoms with Gasteiger partial charge in [0.1, 0.15) is 5.75 Å². The number of aryl methyl sites for hydroxylation is 1. The average molecular weight is 269 g/mol. The monoisotopic (exact) mass is 269 g/mol. The highest BCUT2D eigenvalue weighted by Crippen LogP contribution is 2.30. The van der Waals surface area contributed by atoms with Crippen molar-refractivity contribution in [1.82, 2.24) is 5.32 Å². The summed E-state index contributed by atoms with van der Waals surface area (Å²) in [6, 6.07) is 17.1. The first-order valence-electron chi connectivity index (χ1n) is 7.28. The van der Waals surface area contributed by atoms with Crippen LogP contribution in [0.25, 0.3) is 0 Å². The van der Waals surface area contributed by atoms with Crippen molar-refractivity contribution < 1.29 is 4.74 Å². The van der Waals surface area contributed by atoms with Crippen molar-refractivity contribution in [3.05, 3.63) is 65.2 Å². The van der Waals surface area contributed by atoms with Crippen molar-refractivity contribution in [2.45, 2.75) is 26.8 Å². The maximum Gasteiger partial charge on any atom is 0.124 e. The van der Waals surface area contributed by atoms with Gasteiger partial charge in [-0.25, -0.2) is 0 Å². The Balaban J connectivity index is 2.40. The lowest BCUT2D eigenvalue weighted by molar-refractivity contribution is 0.333. The number of rotatable bonds is 6. The van der Waals surface area contributed by atoms with Crippen LogP contribution in [0, 0.1) is 6.92 Å². The fourth-order valence-corrected chi connectivity index (χ4v) is 2.38. The van der Waals surface area contributed by atoms with E-state index in [0.717, 1.165) is 12.3 Å². The summed E-state index contributed by atoms with van der Waals surface area (Å²) in [7, 11) is 0. The Kier molecular flexibility index (Phi) is 5.19. The lowest BCUT2D eigenvalue weighted by atomic mass is 9.97. The molecular formula is C18H23NO. The van der Waals surface area contributed by atoms with E-state index in [4.69, 9.17) is 4.74 Å². The van der Waals surface area contributed by atoms with Crippen LogP contribution in [0.1, 0.15) is 36.6 Å². The van der Waals surface area contributed by atoms with Gasteiger partial charge in [-0.05, 0) is 32.0 Å². The molecule has 2 aromatic rings. The number of nitrogens with one attached hydrogen (secondary N) is 1. The van der Waals surface area contributed by atoms with Crippen LogP contribution in [-0.4, -0.2) is 13.2 Å². The minimum Gasteiger partial charge on any atom is -0.494 e. The first kappa shape index (κ1) is 14.6. The van der Waals surface area contributed by atoms with E-state index in [1.54, 1.807) is 0 Å². The van der Waals surface area contributed by atoms with Crippen LogP contribution < -0.4 is 10.1 Å². The highest BCUT2D eigenvalue weighted by Gasteiger charge is 2.16. The third-order valence-corrected chi connectivity index (χ3v) is 3.35. The largest absolute Gasteiger partial charge is 0.494 e. The van der Waals surface area contributed by atoms with Crippen LogP contribution in [0.15, 0.2) is 48.5 Å². The molecule has 0 aliphatic carbocycles.